The molecule has 0 spiro atoms. The molecule has 1 atom stereocenters. The van der Waals surface area contributed by atoms with E-state index in [9.17, 15) is 0 Å². The van der Waals surface area contributed by atoms with E-state index in [-0.39, 0.29) is 6.04 Å². The van der Waals surface area contributed by atoms with E-state index in [4.69, 9.17) is 4.99 Å². The molecule has 22 heavy (non-hydrogen) atoms. The van der Waals surface area contributed by atoms with E-state index in [1.54, 1.807) is 12.5 Å². The minimum atomic E-state index is 0.172. The van der Waals surface area contributed by atoms with Crippen molar-refractivity contribution < 1.29 is 0 Å². The number of hydrogen-bond acceptors (Lipinski definition) is 4. The van der Waals surface area contributed by atoms with Crippen LogP contribution in [0.15, 0.2) is 60.3 Å². The second kappa shape index (κ2) is 6.93. The maximum atomic E-state index is 4.75. The van der Waals surface area contributed by atoms with Gasteiger partial charge < -0.3 is 4.57 Å². The van der Waals surface area contributed by atoms with Gasteiger partial charge in [0.1, 0.15) is 6.33 Å². The maximum absolute atomic E-state index is 4.75. The zero-order valence-electron chi connectivity index (χ0n) is 12.6. The van der Waals surface area contributed by atoms with E-state index in [2.05, 4.69) is 50.9 Å². The van der Waals surface area contributed by atoms with E-state index >= 15 is 0 Å². The molecule has 2 aromatic rings. The molecule has 0 bridgehead atoms. The topological polar surface area (TPSA) is 56.0 Å². The van der Waals surface area contributed by atoms with Gasteiger partial charge >= 0.3 is 0 Å². The van der Waals surface area contributed by atoms with Crippen LogP contribution in [0, 0.1) is 0 Å². The highest BCUT2D eigenvalue weighted by atomic mass is 15.1. The fourth-order valence-electron chi connectivity index (χ4n) is 2.38. The van der Waals surface area contributed by atoms with Gasteiger partial charge in [0.2, 0.25) is 5.62 Å². The molecule has 0 saturated heterocycles. The average molecular weight is 293 g/mol. The van der Waals surface area contributed by atoms with Gasteiger partial charge in [-0.25, -0.2) is 19.9 Å². The van der Waals surface area contributed by atoms with Gasteiger partial charge in [-0.1, -0.05) is 31.2 Å². The van der Waals surface area contributed by atoms with E-state index in [1.807, 2.05) is 18.3 Å². The molecule has 0 aromatic carbocycles. The summed E-state index contributed by atoms with van der Waals surface area (Å²) in [6.07, 6.45) is 17.5. The summed E-state index contributed by atoms with van der Waals surface area (Å²) < 4.78 is 2.10. The summed E-state index contributed by atoms with van der Waals surface area (Å²) in [5.74, 6) is 0. The van der Waals surface area contributed by atoms with Crippen molar-refractivity contribution in [1.29, 1.82) is 0 Å². The Morgan fingerprint density at radius 2 is 2.27 bits per heavy atom. The molecule has 0 fully saturated rings. The van der Waals surface area contributed by atoms with Gasteiger partial charge in [-0.2, -0.15) is 0 Å². The van der Waals surface area contributed by atoms with Gasteiger partial charge in [0.15, 0.2) is 0 Å². The Morgan fingerprint density at radius 3 is 3.00 bits per heavy atom. The Bertz CT molecular complexity index is 743. The zero-order chi connectivity index (χ0) is 15.2. The van der Waals surface area contributed by atoms with Crippen molar-refractivity contribution >= 4 is 0 Å². The second-order valence-electron chi connectivity index (χ2n) is 5.18. The maximum Gasteiger partial charge on any atom is 0.225 e. The van der Waals surface area contributed by atoms with Gasteiger partial charge in [0.25, 0.3) is 0 Å². The number of rotatable bonds is 4. The van der Waals surface area contributed by atoms with Crippen LogP contribution in [-0.4, -0.2) is 25.6 Å². The number of allylic oxidation sites excluding steroid dienone is 2. The Labute approximate surface area is 129 Å². The molecule has 1 aliphatic carbocycles. The predicted octanol–water partition coefficient (Wildman–Crippen LogP) is 2.54. The molecule has 112 valence electrons. The summed E-state index contributed by atoms with van der Waals surface area (Å²) in [6.45, 7) is 3.04. The van der Waals surface area contributed by atoms with Crippen LogP contribution >= 0.6 is 0 Å². The summed E-state index contributed by atoms with van der Waals surface area (Å²) in [5, 5.41) is 0. The highest BCUT2D eigenvalue weighted by molar-refractivity contribution is 5.55. The van der Waals surface area contributed by atoms with Crippen LogP contribution < -0.4 is 5.62 Å². The van der Waals surface area contributed by atoms with Crippen molar-refractivity contribution in [1.82, 2.24) is 19.5 Å². The lowest BCUT2D eigenvalue weighted by molar-refractivity contribution is 0.604. The predicted molar refractivity (Wildman–Crippen MR) is 85.8 cm³/mol. The molecule has 1 aliphatic rings. The number of aryl methyl sites for hydroxylation is 1. The second-order valence-corrected chi connectivity index (χ2v) is 5.18. The average Bonchev–Trinajstić information content (AvgIpc) is 2.58. The minimum absolute atomic E-state index is 0.172. The molecule has 2 aromatic heterocycles. The van der Waals surface area contributed by atoms with Crippen LogP contribution in [0.1, 0.15) is 19.8 Å². The molecule has 0 saturated carbocycles. The van der Waals surface area contributed by atoms with Crippen LogP contribution in [0.25, 0.3) is 11.3 Å². The van der Waals surface area contributed by atoms with Crippen molar-refractivity contribution in [3.05, 3.63) is 60.9 Å². The number of aromatic nitrogens is 4. The van der Waals surface area contributed by atoms with Gasteiger partial charge in [-0.3, -0.25) is 0 Å². The van der Waals surface area contributed by atoms with Crippen LogP contribution in [0.3, 0.4) is 0 Å². The highest BCUT2D eigenvalue weighted by Crippen LogP contribution is 2.12. The first-order valence-corrected chi connectivity index (χ1v) is 7.57. The monoisotopic (exact) mass is 293 g/mol. The summed E-state index contributed by atoms with van der Waals surface area (Å²) in [5.41, 5.74) is 2.62. The molecule has 5 heteroatoms. The molecule has 0 aliphatic heterocycles. The first-order chi connectivity index (χ1) is 10.9. The summed E-state index contributed by atoms with van der Waals surface area (Å²) >= 11 is 0. The van der Waals surface area contributed by atoms with Crippen LogP contribution in [0.5, 0.6) is 0 Å². The van der Waals surface area contributed by atoms with E-state index in [1.165, 1.54) is 0 Å². The fraction of sp³-hybridized carbons (Fsp3) is 0.294. The van der Waals surface area contributed by atoms with E-state index in [0.717, 1.165) is 36.3 Å². The van der Waals surface area contributed by atoms with E-state index < -0.39 is 0 Å². The Morgan fingerprint density at radius 1 is 1.32 bits per heavy atom. The summed E-state index contributed by atoms with van der Waals surface area (Å²) in [7, 11) is 0. The standard InChI is InChI=1S/C17H19N5/c1-2-10-22-12-14(16-8-9-18-13-20-16)11-19-17(22)21-15-6-4-3-5-7-15/h3-6,8-9,11-13,15H,2,7,10H2,1H3. The molecule has 0 N–H and O–H groups in total. The molecule has 0 amide bonds. The summed E-state index contributed by atoms with van der Waals surface area (Å²) in [6, 6.07) is 2.06. The Hall–Kier alpha value is -2.56. The first-order valence-electron chi connectivity index (χ1n) is 7.57. The fourth-order valence-corrected chi connectivity index (χ4v) is 2.38. The Balaban J connectivity index is 1.99. The Kier molecular flexibility index (Phi) is 4.53. The first kappa shape index (κ1) is 14.4. The van der Waals surface area contributed by atoms with Crippen molar-refractivity contribution in [2.75, 3.05) is 0 Å². The van der Waals surface area contributed by atoms with Gasteiger partial charge in [0.05, 0.1) is 11.7 Å². The zero-order valence-corrected chi connectivity index (χ0v) is 12.6. The molecule has 3 rings (SSSR count). The third-order valence-electron chi connectivity index (χ3n) is 3.45. The molecular weight excluding hydrogens is 274 g/mol. The number of nitrogens with zero attached hydrogens (tertiary/aromatic N) is 5. The lowest BCUT2D eigenvalue weighted by atomic mass is 10.1. The SMILES string of the molecule is CCCn1cc(-c2ccncn2)cnc1=NC1C=CC=CC1. The third-order valence-corrected chi connectivity index (χ3v) is 3.45. The molecule has 1 unspecified atom stereocenters. The van der Waals surface area contributed by atoms with Crippen molar-refractivity contribution in [2.45, 2.75) is 32.4 Å². The summed E-state index contributed by atoms with van der Waals surface area (Å²) in [4.78, 5) is 17.5. The molecule has 2 heterocycles. The third kappa shape index (κ3) is 3.36. The van der Waals surface area contributed by atoms with Crippen molar-refractivity contribution in [2.24, 2.45) is 4.99 Å². The van der Waals surface area contributed by atoms with Crippen LogP contribution in [0.4, 0.5) is 0 Å². The quantitative estimate of drug-likeness (QED) is 0.870. The molecule has 0 radical (unpaired) electrons. The largest absolute Gasteiger partial charge is 0.317 e. The lowest BCUT2D eigenvalue weighted by Gasteiger charge is -2.11. The molecular formula is C17H19N5. The van der Waals surface area contributed by atoms with Crippen molar-refractivity contribution in [3.63, 3.8) is 0 Å². The van der Waals surface area contributed by atoms with Crippen molar-refractivity contribution in [3.8, 4) is 11.3 Å². The highest BCUT2D eigenvalue weighted by Gasteiger charge is 2.06. The van der Waals surface area contributed by atoms with Crippen LogP contribution in [-0.2, 0) is 6.54 Å². The van der Waals surface area contributed by atoms with Crippen LogP contribution in [0.2, 0.25) is 0 Å². The number of hydrogen-bond donors (Lipinski definition) is 0. The molecule has 5 nitrogen and oxygen atoms in total. The normalized spacial score (nSPS) is 17.9. The van der Waals surface area contributed by atoms with Gasteiger partial charge in [-0.05, 0) is 18.9 Å². The lowest BCUT2D eigenvalue weighted by Crippen LogP contribution is -2.26. The smallest absolute Gasteiger partial charge is 0.225 e. The minimum Gasteiger partial charge on any atom is -0.317 e. The van der Waals surface area contributed by atoms with E-state index in [0.29, 0.717) is 0 Å². The van der Waals surface area contributed by atoms with Gasteiger partial charge in [-0.15, -0.1) is 0 Å². The van der Waals surface area contributed by atoms with Gasteiger partial charge in [0, 0.05) is 30.7 Å².